The highest BCUT2D eigenvalue weighted by Crippen LogP contribution is 2.42. The van der Waals surface area contributed by atoms with E-state index in [0.717, 1.165) is 41.9 Å². The molecule has 142 valence electrons. The first-order valence-electron chi connectivity index (χ1n) is 9.93. The minimum Gasteiger partial charge on any atom is -0.387 e. The van der Waals surface area contributed by atoms with Crippen LogP contribution in [0, 0.1) is 5.92 Å². The Morgan fingerprint density at radius 2 is 1.89 bits per heavy atom. The number of hydrogen-bond donors (Lipinski definition) is 1. The van der Waals surface area contributed by atoms with Crippen molar-refractivity contribution in [2.45, 2.75) is 57.5 Å². The molecule has 27 heavy (non-hydrogen) atoms. The third-order valence-corrected chi connectivity index (χ3v) is 6.33. The first-order valence-corrected chi connectivity index (χ1v) is 10.3. The summed E-state index contributed by atoms with van der Waals surface area (Å²) in [6.45, 7) is 4.37. The standard InChI is InChI=1S/C23H27ClN2O/c1-15(2)21-11-10-20-13-25-14-26(20)22(21)23(27)17-8-6-16(7-9-17)18-4-3-5-19(24)12-18/h3-5,10-17,23,27H,6-9H2,1-2H3. The predicted octanol–water partition coefficient (Wildman–Crippen LogP) is 6.12. The summed E-state index contributed by atoms with van der Waals surface area (Å²) in [7, 11) is 0. The number of nitrogens with zero attached hydrogens (tertiary/aromatic N) is 2. The molecule has 0 amide bonds. The molecule has 4 heteroatoms. The van der Waals surface area contributed by atoms with Crippen LogP contribution in [0.1, 0.15) is 74.3 Å². The summed E-state index contributed by atoms with van der Waals surface area (Å²) in [5.74, 6) is 1.19. The maximum Gasteiger partial charge on any atom is 0.0995 e. The van der Waals surface area contributed by atoms with Gasteiger partial charge in [-0.2, -0.15) is 0 Å². The highest BCUT2D eigenvalue weighted by atomic mass is 35.5. The van der Waals surface area contributed by atoms with Crippen molar-refractivity contribution in [1.82, 2.24) is 9.38 Å². The van der Waals surface area contributed by atoms with Gasteiger partial charge in [0.1, 0.15) is 0 Å². The molecule has 1 fully saturated rings. The first kappa shape index (κ1) is 18.5. The van der Waals surface area contributed by atoms with Crippen molar-refractivity contribution >= 4 is 17.1 Å². The van der Waals surface area contributed by atoms with Crippen molar-refractivity contribution in [1.29, 1.82) is 0 Å². The van der Waals surface area contributed by atoms with Gasteiger partial charge in [-0.05, 0) is 72.8 Å². The fourth-order valence-corrected chi connectivity index (χ4v) is 4.78. The smallest absolute Gasteiger partial charge is 0.0995 e. The lowest BCUT2D eigenvalue weighted by Gasteiger charge is -2.33. The van der Waals surface area contributed by atoms with E-state index in [1.807, 2.05) is 24.7 Å². The summed E-state index contributed by atoms with van der Waals surface area (Å²) in [6.07, 6.45) is 7.48. The van der Waals surface area contributed by atoms with Crippen LogP contribution < -0.4 is 0 Å². The molecule has 4 rings (SSSR count). The van der Waals surface area contributed by atoms with E-state index < -0.39 is 6.10 Å². The van der Waals surface area contributed by atoms with Crippen LogP contribution in [0.5, 0.6) is 0 Å². The molecule has 0 bridgehead atoms. The fourth-order valence-electron chi connectivity index (χ4n) is 4.58. The van der Waals surface area contributed by atoms with Crippen molar-refractivity contribution in [2.75, 3.05) is 0 Å². The van der Waals surface area contributed by atoms with Crippen LogP contribution in [-0.4, -0.2) is 14.5 Å². The van der Waals surface area contributed by atoms with Crippen LogP contribution in [0.25, 0.3) is 5.52 Å². The molecule has 1 N–H and O–H groups in total. The molecule has 0 spiro atoms. The monoisotopic (exact) mass is 382 g/mol. The Labute approximate surface area is 166 Å². The lowest BCUT2D eigenvalue weighted by atomic mass is 9.75. The van der Waals surface area contributed by atoms with E-state index in [1.54, 1.807) is 0 Å². The number of fused-ring (bicyclic) bond motifs is 1. The highest BCUT2D eigenvalue weighted by Gasteiger charge is 2.31. The minimum absolute atomic E-state index is 0.283. The maximum atomic E-state index is 11.3. The van der Waals surface area contributed by atoms with Crippen molar-refractivity contribution < 1.29 is 5.11 Å². The molecule has 3 aromatic rings. The van der Waals surface area contributed by atoms with Crippen LogP contribution in [0.4, 0.5) is 0 Å². The number of hydrogen-bond acceptors (Lipinski definition) is 2. The average Bonchev–Trinajstić information content (AvgIpc) is 3.15. The zero-order chi connectivity index (χ0) is 19.0. The van der Waals surface area contributed by atoms with Crippen LogP contribution in [0.3, 0.4) is 0 Å². The normalized spacial score (nSPS) is 21.7. The Bertz CT molecular complexity index is 925. The van der Waals surface area contributed by atoms with Gasteiger partial charge in [-0.15, -0.1) is 0 Å². The number of rotatable bonds is 4. The molecule has 2 heterocycles. The van der Waals surface area contributed by atoms with Crippen LogP contribution in [0.2, 0.25) is 5.02 Å². The third-order valence-electron chi connectivity index (χ3n) is 6.10. The van der Waals surface area contributed by atoms with E-state index in [4.69, 9.17) is 11.6 Å². The Morgan fingerprint density at radius 3 is 2.59 bits per heavy atom. The van der Waals surface area contributed by atoms with Crippen molar-refractivity contribution in [3.8, 4) is 0 Å². The lowest BCUT2D eigenvalue weighted by Crippen LogP contribution is -2.22. The zero-order valence-corrected chi connectivity index (χ0v) is 16.7. The Hall–Kier alpha value is -1.84. The van der Waals surface area contributed by atoms with Crippen molar-refractivity contribution in [2.24, 2.45) is 5.92 Å². The number of aromatic nitrogens is 2. The van der Waals surface area contributed by atoms with E-state index in [9.17, 15) is 5.11 Å². The number of aliphatic hydroxyl groups is 1. The van der Waals surface area contributed by atoms with E-state index >= 15 is 0 Å². The molecule has 1 aromatic carbocycles. The zero-order valence-electron chi connectivity index (χ0n) is 16.0. The van der Waals surface area contributed by atoms with Gasteiger partial charge < -0.3 is 9.51 Å². The summed E-state index contributed by atoms with van der Waals surface area (Å²) < 4.78 is 2.07. The summed E-state index contributed by atoms with van der Waals surface area (Å²) in [4.78, 5) is 4.29. The second-order valence-electron chi connectivity index (χ2n) is 8.13. The number of pyridine rings is 1. The molecule has 1 saturated carbocycles. The van der Waals surface area contributed by atoms with E-state index in [2.05, 4.69) is 47.5 Å². The van der Waals surface area contributed by atoms with Crippen molar-refractivity contribution in [3.05, 3.63) is 70.8 Å². The summed E-state index contributed by atoms with van der Waals surface area (Å²) in [5, 5.41) is 12.1. The van der Waals surface area contributed by atoms with E-state index in [-0.39, 0.29) is 5.92 Å². The van der Waals surface area contributed by atoms with Gasteiger partial charge in [-0.1, -0.05) is 43.6 Å². The summed E-state index contributed by atoms with van der Waals surface area (Å²) in [5.41, 5.74) is 4.60. The molecule has 0 saturated heterocycles. The second kappa shape index (κ2) is 7.65. The van der Waals surface area contributed by atoms with E-state index in [1.165, 1.54) is 11.1 Å². The van der Waals surface area contributed by atoms with Gasteiger partial charge in [0.05, 0.1) is 29.8 Å². The molecule has 0 radical (unpaired) electrons. The Balaban J connectivity index is 1.56. The predicted molar refractivity (Wildman–Crippen MR) is 110 cm³/mol. The van der Waals surface area contributed by atoms with Crippen LogP contribution in [0.15, 0.2) is 48.9 Å². The molecule has 3 nitrogen and oxygen atoms in total. The Kier molecular flexibility index (Phi) is 5.25. The van der Waals surface area contributed by atoms with Gasteiger partial charge in [0, 0.05) is 5.02 Å². The first-order chi connectivity index (χ1) is 13.0. The Morgan fingerprint density at radius 1 is 1.11 bits per heavy atom. The molecular formula is C23H27ClN2O. The summed E-state index contributed by atoms with van der Waals surface area (Å²) >= 11 is 6.17. The van der Waals surface area contributed by atoms with Gasteiger partial charge in [-0.3, -0.25) is 0 Å². The largest absolute Gasteiger partial charge is 0.387 e. The van der Waals surface area contributed by atoms with Crippen LogP contribution in [-0.2, 0) is 0 Å². The molecule has 0 aliphatic heterocycles. The molecule has 1 unspecified atom stereocenters. The number of aliphatic hydroxyl groups excluding tert-OH is 1. The number of imidazole rings is 1. The molecule has 1 aliphatic carbocycles. The van der Waals surface area contributed by atoms with Crippen molar-refractivity contribution in [3.63, 3.8) is 0 Å². The number of benzene rings is 1. The average molecular weight is 383 g/mol. The highest BCUT2D eigenvalue weighted by molar-refractivity contribution is 6.30. The fraction of sp³-hybridized carbons (Fsp3) is 0.435. The third kappa shape index (κ3) is 3.63. The molecule has 1 atom stereocenters. The number of halogens is 1. The quantitative estimate of drug-likeness (QED) is 0.590. The van der Waals surface area contributed by atoms with Gasteiger partial charge in [0.25, 0.3) is 0 Å². The second-order valence-corrected chi connectivity index (χ2v) is 8.57. The SMILES string of the molecule is CC(C)c1ccc2cncn2c1C(O)C1CCC(c2cccc(Cl)c2)CC1. The van der Waals surface area contributed by atoms with Gasteiger partial charge >= 0.3 is 0 Å². The molecule has 2 aromatic heterocycles. The topological polar surface area (TPSA) is 37.5 Å². The van der Waals surface area contributed by atoms with Gasteiger partial charge in [-0.25, -0.2) is 4.98 Å². The van der Waals surface area contributed by atoms with Crippen LogP contribution >= 0.6 is 11.6 Å². The van der Waals surface area contributed by atoms with E-state index in [0.29, 0.717) is 11.8 Å². The minimum atomic E-state index is -0.458. The maximum absolute atomic E-state index is 11.3. The lowest BCUT2D eigenvalue weighted by molar-refractivity contribution is 0.0752. The van der Waals surface area contributed by atoms with Gasteiger partial charge in [0.15, 0.2) is 0 Å². The molecule has 1 aliphatic rings. The summed E-state index contributed by atoms with van der Waals surface area (Å²) in [6, 6.07) is 12.5. The van der Waals surface area contributed by atoms with Gasteiger partial charge in [0.2, 0.25) is 0 Å². The molecular weight excluding hydrogens is 356 g/mol.